The van der Waals surface area contributed by atoms with Crippen LogP contribution in [-0.4, -0.2) is 56.6 Å². The number of hydrogen-bond acceptors (Lipinski definition) is 5. The molecule has 8 nitrogen and oxygen atoms in total. The van der Waals surface area contributed by atoms with Crippen molar-refractivity contribution in [3.05, 3.63) is 56.3 Å². The maximum absolute atomic E-state index is 13.5. The normalized spacial score (nSPS) is 31.7. The first-order valence-electron chi connectivity index (χ1n) is 12.9. The van der Waals surface area contributed by atoms with Crippen molar-refractivity contribution in [2.45, 2.75) is 57.0 Å². The minimum Gasteiger partial charge on any atom is -0.340 e. The molecule has 4 saturated carbocycles. The zero-order chi connectivity index (χ0) is 25.1. The first-order valence-corrected chi connectivity index (χ1v) is 13.6. The minimum absolute atomic E-state index is 0.0237. The summed E-state index contributed by atoms with van der Waals surface area (Å²) in [5, 5.41) is 17.1. The molecule has 1 saturated heterocycles. The van der Waals surface area contributed by atoms with E-state index in [1.807, 2.05) is 27.8 Å². The van der Waals surface area contributed by atoms with Gasteiger partial charge in [0, 0.05) is 54.8 Å². The van der Waals surface area contributed by atoms with Crippen LogP contribution in [0.25, 0.3) is 0 Å². The van der Waals surface area contributed by atoms with E-state index in [0.717, 1.165) is 50.8 Å². The Balaban J connectivity index is 1.12. The lowest BCUT2D eigenvalue weighted by molar-refractivity contribution is -0.385. The van der Waals surface area contributed by atoms with Gasteiger partial charge in [0.15, 0.2) is 0 Å². The summed E-state index contributed by atoms with van der Waals surface area (Å²) < 4.78 is 1.88. The second-order valence-electron chi connectivity index (χ2n) is 11.6. The summed E-state index contributed by atoms with van der Waals surface area (Å²) >= 11 is 12.7. The second kappa shape index (κ2) is 8.99. The number of amides is 1. The lowest BCUT2D eigenvalue weighted by Gasteiger charge is -2.62. The molecule has 0 N–H and O–H groups in total. The van der Waals surface area contributed by atoms with Crippen molar-refractivity contribution in [3.8, 4) is 0 Å². The summed E-state index contributed by atoms with van der Waals surface area (Å²) in [7, 11) is 0. The van der Waals surface area contributed by atoms with E-state index in [4.69, 9.17) is 23.2 Å². The van der Waals surface area contributed by atoms with Crippen LogP contribution in [0.1, 0.15) is 50.5 Å². The monoisotopic (exact) mass is 531 g/mol. The molecule has 1 amide bonds. The van der Waals surface area contributed by atoms with Crippen molar-refractivity contribution < 1.29 is 9.72 Å². The van der Waals surface area contributed by atoms with Gasteiger partial charge in [-0.15, -0.1) is 0 Å². The maximum Gasteiger partial charge on any atom is 0.307 e. The third-order valence-electron chi connectivity index (χ3n) is 9.11. The summed E-state index contributed by atoms with van der Waals surface area (Å²) in [6.45, 7) is 3.70. The Bertz CT molecular complexity index is 1160. The van der Waals surface area contributed by atoms with Gasteiger partial charge in [-0.3, -0.25) is 24.5 Å². The Kier molecular flexibility index (Phi) is 6.04. The molecule has 4 bridgehead atoms. The Labute approximate surface area is 220 Å². The summed E-state index contributed by atoms with van der Waals surface area (Å²) in [5.41, 5.74) is 0.778. The molecule has 5 fully saturated rings. The molecule has 0 spiro atoms. The Morgan fingerprint density at radius 1 is 1.08 bits per heavy atom. The number of carbonyl (C=O) groups excluding carboxylic acids is 1. The minimum atomic E-state index is -0.372. The third-order valence-corrected chi connectivity index (χ3v) is 9.82. The molecule has 2 unspecified atom stereocenters. The van der Waals surface area contributed by atoms with Crippen LogP contribution in [0, 0.1) is 27.4 Å². The van der Waals surface area contributed by atoms with Crippen LogP contribution in [0.4, 0.5) is 5.69 Å². The van der Waals surface area contributed by atoms with Gasteiger partial charge in [0.25, 0.3) is 0 Å². The van der Waals surface area contributed by atoms with E-state index in [2.05, 4.69) is 10.00 Å². The van der Waals surface area contributed by atoms with E-state index >= 15 is 0 Å². The Morgan fingerprint density at radius 3 is 2.36 bits per heavy atom. The molecule has 2 aromatic rings. The molecule has 1 aromatic heterocycles. The van der Waals surface area contributed by atoms with Gasteiger partial charge in [-0.1, -0.05) is 29.3 Å². The molecule has 7 rings (SSSR count). The van der Waals surface area contributed by atoms with Crippen LogP contribution >= 0.6 is 23.2 Å². The topological polar surface area (TPSA) is 84.5 Å². The quantitative estimate of drug-likeness (QED) is 0.381. The predicted molar refractivity (Wildman–Crippen MR) is 137 cm³/mol. The molecule has 192 valence electrons. The second-order valence-corrected chi connectivity index (χ2v) is 12.4. The molecular formula is C26H31Cl2N5O3. The van der Waals surface area contributed by atoms with E-state index in [0.29, 0.717) is 47.9 Å². The van der Waals surface area contributed by atoms with Crippen molar-refractivity contribution in [1.29, 1.82) is 0 Å². The van der Waals surface area contributed by atoms with Crippen molar-refractivity contribution in [2.75, 3.05) is 26.2 Å². The fraction of sp³-hybridized carbons (Fsp3) is 0.615. The number of nitro groups is 1. The van der Waals surface area contributed by atoms with E-state index < -0.39 is 0 Å². The number of benzene rings is 1. The molecular weight excluding hydrogens is 501 g/mol. The van der Waals surface area contributed by atoms with Gasteiger partial charge in [0.2, 0.25) is 5.91 Å². The van der Waals surface area contributed by atoms with Crippen LogP contribution < -0.4 is 0 Å². The van der Waals surface area contributed by atoms with E-state index in [-0.39, 0.29) is 27.5 Å². The average Bonchev–Trinajstić information content (AvgIpc) is 3.33. The van der Waals surface area contributed by atoms with Crippen LogP contribution in [0.3, 0.4) is 0 Å². The fourth-order valence-corrected chi connectivity index (χ4v) is 8.56. The molecule has 10 heteroatoms. The first kappa shape index (κ1) is 24.2. The molecule has 4 aliphatic carbocycles. The number of halogens is 2. The fourth-order valence-electron chi connectivity index (χ4n) is 8.04. The molecule has 36 heavy (non-hydrogen) atoms. The van der Waals surface area contributed by atoms with E-state index in [1.54, 1.807) is 6.20 Å². The predicted octanol–water partition coefficient (Wildman–Crippen LogP) is 5.13. The van der Waals surface area contributed by atoms with Crippen molar-refractivity contribution in [3.63, 3.8) is 0 Å². The van der Waals surface area contributed by atoms with Gasteiger partial charge in [-0.05, 0) is 67.9 Å². The highest BCUT2D eigenvalue weighted by atomic mass is 35.5. The van der Waals surface area contributed by atoms with Crippen LogP contribution in [-0.2, 0) is 16.9 Å². The van der Waals surface area contributed by atoms with Gasteiger partial charge in [0.1, 0.15) is 12.4 Å². The van der Waals surface area contributed by atoms with Crippen LogP contribution in [0.15, 0.2) is 30.6 Å². The number of aromatic nitrogens is 2. The summed E-state index contributed by atoms with van der Waals surface area (Å²) in [6.07, 6.45) is 9.85. The molecule has 1 aliphatic heterocycles. The number of piperazine rings is 1. The van der Waals surface area contributed by atoms with Crippen molar-refractivity contribution in [1.82, 2.24) is 19.6 Å². The van der Waals surface area contributed by atoms with Crippen molar-refractivity contribution in [2.24, 2.45) is 17.3 Å². The van der Waals surface area contributed by atoms with E-state index in [9.17, 15) is 14.9 Å². The lowest BCUT2D eigenvalue weighted by Crippen LogP contribution is -2.58. The maximum atomic E-state index is 13.5. The smallest absolute Gasteiger partial charge is 0.307 e. The number of hydrogen-bond donors (Lipinski definition) is 0. The number of carbonyl (C=O) groups is 1. The zero-order valence-corrected chi connectivity index (χ0v) is 21.8. The molecule has 0 radical (unpaired) electrons. The van der Waals surface area contributed by atoms with Gasteiger partial charge >= 0.3 is 5.69 Å². The highest BCUT2D eigenvalue weighted by molar-refractivity contribution is 6.35. The lowest BCUT2D eigenvalue weighted by atomic mass is 9.46. The average molecular weight is 532 g/mol. The highest BCUT2D eigenvalue weighted by Crippen LogP contribution is 2.65. The standard InChI is InChI=1S/C26H31Cl2N5O3/c27-22-2-1-3-23(28)21(22)16-30-4-6-31(7-5-30)24(34)13-25-9-18-8-19(10-25)12-26(11-18,17-25)32-15-20(14-29-32)33(35)36/h1-3,14-15,18-19H,4-13,16-17H2. The largest absolute Gasteiger partial charge is 0.340 e. The van der Waals surface area contributed by atoms with Crippen LogP contribution in [0.5, 0.6) is 0 Å². The first-order chi connectivity index (χ1) is 17.2. The summed E-state index contributed by atoms with van der Waals surface area (Å²) in [6, 6.07) is 5.58. The zero-order valence-electron chi connectivity index (χ0n) is 20.2. The molecule has 2 atom stereocenters. The van der Waals surface area contributed by atoms with E-state index in [1.165, 1.54) is 12.6 Å². The van der Waals surface area contributed by atoms with Gasteiger partial charge in [0.05, 0.1) is 10.5 Å². The van der Waals surface area contributed by atoms with Gasteiger partial charge in [-0.25, -0.2) is 0 Å². The van der Waals surface area contributed by atoms with Crippen LogP contribution in [0.2, 0.25) is 10.0 Å². The Hall–Kier alpha value is -2.16. The molecule has 2 heterocycles. The number of nitrogens with zero attached hydrogens (tertiary/aromatic N) is 5. The summed E-state index contributed by atoms with van der Waals surface area (Å²) in [5.74, 6) is 1.38. The molecule has 5 aliphatic rings. The summed E-state index contributed by atoms with van der Waals surface area (Å²) in [4.78, 5) is 28.8. The van der Waals surface area contributed by atoms with Gasteiger partial charge in [-0.2, -0.15) is 5.10 Å². The number of rotatable bonds is 6. The van der Waals surface area contributed by atoms with Crippen molar-refractivity contribution >= 4 is 34.8 Å². The highest BCUT2D eigenvalue weighted by Gasteiger charge is 2.59. The third kappa shape index (κ3) is 4.31. The Morgan fingerprint density at radius 2 is 1.75 bits per heavy atom. The van der Waals surface area contributed by atoms with Gasteiger partial charge < -0.3 is 4.90 Å². The molecule has 1 aromatic carbocycles. The SMILES string of the molecule is O=C(CC12CC3CC(C1)CC(n1cc([N+](=O)[O-])cn1)(C3)C2)N1CCN(Cc2c(Cl)cccc2Cl)CC1.